The van der Waals surface area contributed by atoms with Crippen LogP contribution in [-0.2, 0) is 0 Å². The van der Waals surface area contributed by atoms with Crippen molar-refractivity contribution in [2.24, 2.45) is 0 Å². The molecule has 0 saturated heterocycles. The third-order valence-electron chi connectivity index (χ3n) is 4.52. The molecule has 0 amide bonds. The maximum absolute atomic E-state index is 5.12. The van der Waals surface area contributed by atoms with Gasteiger partial charge in [-0.2, -0.15) is 0 Å². The fourth-order valence-corrected chi connectivity index (χ4v) is 3.42. The van der Waals surface area contributed by atoms with Crippen LogP contribution in [0.25, 0.3) is 33.2 Å². The summed E-state index contributed by atoms with van der Waals surface area (Å²) in [6, 6.07) is 29.5. The first-order chi connectivity index (χ1) is 13.0. The molecule has 0 fully saturated rings. The number of anilines is 1. The summed E-state index contributed by atoms with van der Waals surface area (Å²) in [4.78, 5) is 5.12. The Bertz CT molecular complexity index is 1060. The molecule has 1 heterocycles. The van der Waals surface area contributed by atoms with Crippen molar-refractivity contribution in [2.75, 3.05) is 5.32 Å². The lowest BCUT2D eigenvalue weighted by Crippen LogP contribution is -2.27. The monoisotopic (exact) mass is 352 g/mol. The fraction of sp³-hybridized carbons (Fsp3) is 0.160. The van der Waals surface area contributed by atoms with Crippen molar-refractivity contribution in [3.05, 3.63) is 84.9 Å². The number of rotatable bonds is 3. The van der Waals surface area contributed by atoms with Crippen LogP contribution in [0.5, 0.6) is 0 Å². The molecule has 134 valence electrons. The van der Waals surface area contributed by atoms with Gasteiger partial charge in [-0.15, -0.1) is 0 Å². The molecule has 0 atom stereocenters. The molecule has 0 radical (unpaired) electrons. The number of fused-ring (bicyclic) bond motifs is 1. The summed E-state index contributed by atoms with van der Waals surface area (Å²) in [6.07, 6.45) is 0. The maximum atomic E-state index is 5.12. The van der Waals surface area contributed by atoms with E-state index in [0.29, 0.717) is 0 Å². The summed E-state index contributed by atoms with van der Waals surface area (Å²) in [5, 5.41) is 5.96. The average Bonchev–Trinajstić information content (AvgIpc) is 2.68. The lowest BCUT2D eigenvalue weighted by molar-refractivity contribution is 0.632. The largest absolute Gasteiger partial charge is 0.365 e. The zero-order valence-corrected chi connectivity index (χ0v) is 16.0. The van der Waals surface area contributed by atoms with Crippen LogP contribution in [0.15, 0.2) is 84.9 Å². The standard InChI is InChI=1S/C25H24N2/c1-25(2,3)27-24-21-17-11-10-16-20(21)22(18-12-6-4-7-13-18)23(26-24)19-14-8-5-9-15-19/h4-17H,1-3H3,(H,26,27). The summed E-state index contributed by atoms with van der Waals surface area (Å²) in [5.41, 5.74) is 4.42. The van der Waals surface area contributed by atoms with E-state index in [0.717, 1.165) is 22.5 Å². The van der Waals surface area contributed by atoms with Gasteiger partial charge in [0, 0.05) is 22.1 Å². The van der Waals surface area contributed by atoms with E-state index in [9.17, 15) is 0 Å². The third-order valence-corrected chi connectivity index (χ3v) is 4.52. The van der Waals surface area contributed by atoms with E-state index in [2.05, 4.69) is 105 Å². The first-order valence-electron chi connectivity index (χ1n) is 9.35. The van der Waals surface area contributed by atoms with Crippen molar-refractivity contribution in [1.29, 1.82) is 0 Å². The zero-order chi connectivity index (χ0) is 18.9. The molecule has 27 heavy (non-hydrogen) atoms. The summed E-state index contributed by atoms with van der Waals surface area (Å²) in [6.45, 7) is 6.49. The normalized spacial score (nSPS) is 11.5. The van der Waals surface area contributed by atoms with E-state index in [1.807, 2.05) is 6.07 Å². The number of nitrogens with zero attached hydrogens (tertiary/aromatic N) is 1. The van der Waals surface area contributed by atoms with Gasteiger partial charge in [-0.25, -0.2) is 4.98 Å². The van der Waals surface area contributed by atoms with Crippen molar-refractivity contribution in [3.63, 3.8) is 0 Å². The number of nitrogens with one attached hydrogen (secondary N) is 1. The predicted octanol–water partition coefficient (Wildman–Crippen LogP) is 6.78. The van der Waals surface area contributed by atoms with E-state index in [4.69, 9.17) is 4.98 Å². The van der Waals surface area contributed by atoms with Gasteiger partial charge in [-0.1, -0.05) is 84.9 Å². The van der Waals surface area contributed by atoms with E-state index in [1.54, 1.807) is 0 Å². The topological polar surface area (TPSA) is 24.9 Å². The molecule has 4 rings (SSSR count). The number of benzene rings is 3. The summed E-state index contributed by atoms with van der Waals surface area (Å²) in [7, 11) is 0. The predicted molar refractivity (Wildman–Crippen MR) is 116 cm³/mol. The smallest absolute Gasteiger partial charge is 0.135 e. The van der Waals surface area contributed by atoms with Crippen molar-refractivity contribution in [2.45, 2.75) is 26.3 Å². The molecule has 0 unspecified atom stereocenters. The van der Waals surface area contributed by atoms with Gasteiger partial charge in [0.05, 0.1) is 5.69 Å². The van der Waals surface area contributed by atoms with E-state index < -0.39 is 0 Å². The van der Waals surface area contributed by atoms with Crippen LogP contribution in [0, 0.1) is 0 Å². The second-order valence-corrected chi connectivity index (χ2v) is 7.84. The lowest BCUT2D eigenvalue weighted by Gasteiger charge is -2.24. The highest BCUT2D eigenvalue weighted by molar-refractivity contribution is 6.07. The molecular weight excluding hydrogens is 328 g/mol. The van der Waals surface area contributed by atoms with Gasteiger partial charge in [0.15, 0.2) is 0 Å². The Morgan fingerprint density at radius 3 is 1.74 bits per heavy atom. The zero-order valence-electron chi connectivity index (χ0n) is 16.0. The van der Waals surface area contributed by atoms with E-state index in [-0.39, 0.29) is 5.54 Å². The molecule has 4 aromatic rings. The fourth-order valence-electron chi connectivity index (χ4n) is 3.42. The molecule has 0 bridgehead atoms. The van der Waals surface area contributed by atoms with Crippen molar-refractivity contribution in [1.82, 2.24) is 4.98 Å². The minimum absolute atomic E-state index is 0.0714. The molecule has 2 heteroatoms. The molecule has 0 saturated carbocycles. The second-order valence-electron chi connectivity index (χ2n) is 7.84. The van der Waals surface area contributed by atoms with Gasteiger partial charge in [0.25, 0.3) is 0 Å². The van der Waals surface area contributed by atoms with E-state index >= 15 is 0 Å². The first kappa shape index (κ1) is 17.3. The Kier molecular flexibility index (Phi) is 4.41. The van der Waals surface area contributed by atoms with Crippen LogP contribution in [0.1, 0.15) is 20.8 Å². The highest BCUT2D eigenvalue weighted by atomic mass is 15.0. The molecule has 0 aliphatic heterocycles. The van der Waals surface area contributed by atoms with Gasteiger partial charge in [-0.3, -0.25) is 0 Å². The molecule has 2 nitrogen and oxygen atoms in total. The minimum Gasteiger partial charge on any atom is -0.365 e. The van der Waals surface area contributed by atoms with Crippen LogP contribution < -0.4 is 5.32 Å². The number of pyridine rings is 1. The Hall–Kier alpha value is -3.13. The highest BCUT2D eigenvalue weighted by Crippen LogP contribution is 2.39. The van der Waals surface area contributed by atoms with Gasteiger partial charge >= 0.3 is 0 Å². The number of hydrogen-bond donors (Lipinski definition) is 1. The summed E-state index contributed by atoms with van der Waals surface area (Å²) in [5.74, 6) is 0.927. The average molecular weight is 352 g/mol. The van der Waals surface area contributed by atoms with Crippen molar-refractivity contribution >= 4 is 16.6 Å². The Morgan fingerprint density at radius 2 is 1.15 bits per heavy atom. The van der Waals surface area contributed by atoms with Crippen molar-refractivity contribution in [3.8, 4) is 22.4 Å². The summed E-state index contributed by atoms with van der Waals surface area (Å²) < 4.78 is 0. The molecule has 0 spiro atoms. The van der Waals surface area contributed by atoms with Crippen LogP contribution in [-0.4, -0.2) is 10.5 Å². The molecule has 1 aromatic heterocycles. The third kappa shape index (κ3) is 3.56. The van der Waals surface area contributed by atoms with Crippen LogP contribution in [0.4, 0.5) is 5.82 Å². The SMILES string of the molecule is CC(C)(C)Nc1nc(-c2ccccc2)c(-c2ccccc2)c2ccccc12. The number of aromatic nitrogens is 1. The molecule has 1 N–H and O–H groups in total. The van der Waals surface area contributed by atoms with Crippen molar-refractivity contribution < 1.29 is 0 Å². The van der Waals surface area contributed by atoms with Gasteiger partial charge in [0.1, 0.15) is 5.82 Å². The summed E-state index contributed by atoms with van der Waals surface area (Å²) >= 11 is 0. The molecule has 3 aromatic carbocycles. The van der Waals surface area contributed by atoms with Gasteiger partial charge in [0.2, 0.25) is 0 Å². The molecular formula is C25H24N2. The quantitative estimate of drug-likeness (QED) is 0.439. The maximum Gasteiger partial charge on any atom is 0.135 e. The van der Waals surface area contributed by atoms with Gasteiger partial charge < -0.3 is 5.32 Å². The Balaban J connectivity index is 2.09. The minimum atomic E-state index is -0.0714. The lowest BCUT2D eigenvalue weighted by atomic mass is 9.93. The van der Waals surface area contributed by atoms with Crippen LogP contribution in [0.3, 0.4) is 0 Å². The van der Waals surface area contributed by atoms with E-state index in [1.165, 1.54) is 16.5 Å². The van der Waals surface area contributed by atoms with Gasteiger partial charge in [-0.05, 0) is 31.7 Å². The highest BCUT2D eigenvalue weighted by Gasteiger charge is 2.19. The Morgan fingerprint density at radius 1 is 0.630 bits per heavy atom. The number of hydrogen-bond acceptors (Lipinski definition) is 2. The molecule has 0 aliphatic carbocycles. The second kappa shape index (κ2) is 6.88. The van der Waals surface area contributed by atoms with Crippen LogP contribution in [0.2, 0.25) is 0 Å². The first-order valence-corrected chi connectivity index (χ1v) is 9.35. The molecule has 0 aliphatic rings. The Labute approximate surface area is 160 Å². The van der Waals surface area contributed by atoms with Crippen LogP contribution >= 0.6 is 0 Å².